The fraction of sp³-hybridized carbons (Fsp3) is 0.417. The summed E-state index contributed by atoms with van der Waals surface area (Å²) in [7, 11) is 0. The molecule has 0 fully saturated rings. The van der Waals surface area contributed by atoms with Gasteiger partial charge in [0.15, 0.2) is 0 Å². The summed E-state index contributed by atoms with van der Waals surface area (Å²) < 4.78 is 0. The smallest absolute Gasteiger partial charge is 0.267 e. The Morgan fingerprint density at radius 2 is 2.12 bits per heavy atom. The lowest BCUT2D eigenvalue weighted by Gasteiger charge is -2.06. The molecule has 1 radical (unpaired) electrons. The number of amides is 1. The van der Waals surface area contributed by atoms with E-state index in [0.29, 0.717) is 17.7 Å². The number of benzene rings is 1. The predicted octanol–water partition coefficient (Wildman–Crippen LogP) is 2.30. The highest BCUT2D eigenvalue weighted by molar-refractivity contribution is 5.96. The van der Waals surface area contributed by atoms with Gasteiger partial charge < -0.3 is 0 Å². The number of carbonyl (C=O) groups excluding carboxylic acids is 1. The minimum Gasteiger partial charge on any atom is -0.267 e. The fourth-order valence-corrected chi connectivity index (χ4v) is 1.30. The Hall–Kier alpha value is -1.91. The monoisotopic (exact) mass is 235 g/mol. The Labute approximate surface area is 100.0 Å². The second-order valence-corrected chi connectivity index (χ2v) is 4.30. The summed E-state index contributed by atoms with van der Waals surface area (Å²) >= 11 is 0. The summed E-state index contributed by atoms with van der Waals surface area (Å²) in [6.07, 6.45) is 0. The lowest BCUT2D eigenvalue weighted by Crippen LogP contribution is -2.21. The summed E-state index contributed by atoms with van der Waals surface area (Å²) in [5.74, 6) is -0.0992. The molecular formula is C12H15N2O3. The van der Waals surface area contributed by atoms with Gasteiger partial charge >= 0.3 is 0 Å². The summed E-state index contributed by atoms with van der Waals surface area (Å²) in [5.41, 5.74) is 0.923. The van der Waals surface area contributed by atoms with Crippen LogP contribution in [-0.4, -0.2) is 17.4 Å². The van der Waals surface area contributed by atoms with Gasteiger partial charge in [-0.1, -0.05) is 19.9 Å². The zero-order valence-electron chi connectivity index (χ0n) is 10.1. The number of hydrogen-bond acceptors (Lipinski definition) is 3. The zero-order valence-corrected chi connectivity index (χ0v) is 10.1. The van der Waals surface area contributed by atoms with Crippen LogP contribution in [0.1, 0.15) is 29.8 Å². The van der Waals surface area contributed by atoms with Crippen LogP contribution < -0.4 is 5.32 Å². The molecule has 1 rings (SSSR count). The molecule has 0 saturated heterocycles. The molecule has 17 heavy (non-hydrogen) atoms. The van der Waals surface area contributed by atoms with E-state index >= 15 is 0 Å². The lowest BCUT2D eigenvalue weighted by atomic mass is 10.1. The van der Waals surface area contributed by atoms with Crippen LogP contribution in [0.15, 0.2) is 18.2 Å². The van der Waals surface area contributed by atoms with Crippen LogP contribution in [0.2, 0.25) is 0 Å². The Morgan fingerprint density at radius 3 is 2.65 bits per heavy atom. The van der Waals surface area contributed by atoms with E-state index in [4.69, 9.17) is 0 Å². The number of nitrogens with zero attached hydrogens (tertiary/aromatic N) is 2. The van der Waals surface area contributed by atoms with E-state index in [2.05, 4.69) is 5.32 Å². The molecule has 0 unspecified atom stereocenters. The van der Waals surface area contributed by atoms with Gasteiger partial charge in [0.1, 0.15) is 0 Å². The van der Waals surface area contributed by atoms with Crippen molar-refractivity contribution in [2.24, 2.45) is 5.92 Å². The molecule has 0 aliphatic rings. The summed E-state index contributed by atoms with van der Waals surface area (Å²) in [6.45, 7) is 6.08. The van der Waals surface area contributed by atoms with E-state index in [1.54, 1.807) is 13.0 Å². The largest absolute Gasteiger partial charge is 0.273 e. The van der Waals surface area contributed by atoms with E-state index in [-0.39, 0.29) is 17.5 Å². The lowest BCUT2D eigenvalue weighted by molar-refractivity contribution is -0.384. The van der Waals surface area contributed by atoms with E-state index < -0.39 is 4.92 Å². The van der Waals surface area contributed by atoms with Gasteiger partial charge in [0, 0.05) is 18.7 Å². The molecule has 91 valence electrons. The minimum atomic E-state index is -0.515. The van der Waals surface area contributed by atoms with Crippen molar-refractivity contribution in [1.82, 2.24) is 5.32 Å². The molecule has 1 amide bonds. The summed E-state index contributed by atoms with van der Waals surface area (Å²) in [6, 6.07) is 4.23. The normalized spacial score (nSPS) is 10.4. The molecule has 0 aliphatic carbocycles. The first-order valence-electron chi connectivity index (χ1n) is 5.38. The maximum absolute atomic E-state index is 11.8. The first-order valence-corrected chi connectivity index (χ1v) is 5.38. The van der Waals surface area contributed by atoms with Gasteiger partial charge in [-0.05, 0) is 18.4 Å². The summed E-state index contributed by atoms with van der Waals surface area (Å²) in [4.78, 5) is 21.9. The van der Waals surface area contributed by atoms with Crippen molar-refractivity contribution in [2.45, 2.75) is 20.8 Å². The molecule has 0 spiro atoms. The first kappa shape index (κ1) is 13.2. The first-order chi connectivity index (χ1) is 7.91. The van der Waals surface area contributed by atoms with Crippen LogP contribution in [-0.2, 0) is 0 Å². The van der Waals surface area contributed by atoms with Crippen molar-refractivity contribution >= 4 is 11.6 Å². The van der Waals surface area contributed by atoms with Crippen molar-refractivity contribution in [3.05, 3.63) is 39.4 Å². The van der Waals surface area contributed by atoms with Gasteiger partial charge in [-0.2, -0.15) is 0 Å². The van der Waals surface area contributed by atoms with Crippen LogP contribution in [0.5, 0.6) is 0 Å². The quantitative estimate of drug-likeness (QED) is 0.593. The third-order valence-electron chi connectivity index (χ3n) is 2.26. The molecule has 0 bridgehead atoms. The topological polar surface area (TPSA) is 74.3 Å². The van der Waals surface area contributed by atoms with Gasteiger partial charge in [-0.3, -0.25) is 14.9 Å². The van der Waals surface area contributed by atoms with Gasteiger partial charge in [0.25, 0.3) is 11.6 Å². The van der Waals surface area contributed by atoms with Gasteiger partial charge in [-0.15, -0.1) is 0 Å². The number of nitro benzene ring substituents is 1. The number of hydrogen-bond donors (Lipinski definition) is 0. The van der Waals surface area contributed by atoms with Crippen LogP contribution >= 0.6 is 0 Å². The van der Waals surface area contributed by atoms with Crippen LogP contribution in [0.3, 0.4) is 0 Å². The molecule has 0 aromatic heterocycles. The fourth-order valence-electron chi connectivity index (χ4n) is 1.30. The predicted molar refractivity (Wildman–Crippen MR) is 64.0 cm³/mol. The van der Waals surface area contributed by atoms with Gasteiger partial charge in [0.2, 0.25) is 0 Å². The van der Waals surface area contributed by atoms with Crippen molar-refractivity contribution in [3.63, 3.8) is 0 Å². The van der Waals surface area contributed by atoms with E-state index in [9.17, 15) is 14.9 Å². The number of aryl methyl sites for hydroxylation is 1. The second kappa shape index (κ2) is 5.43. The van der Waals surface area contributed by atoms with Crippen molar-refractivity contribution in [3.8, 4) is 0 Å². The van der Waals surface area contributed by atoms with Crippen LogP contribution in [0.25, 0.3) is 0 Å². The summed E-state index contributed by atoms with van der Waals surface area (Å²) in [5, 5.41) is 14.5. The van der Waals surface area contributed by atoms with Crippen molar-refractivity contribution in [2.75, 3.05) is 6.54 Å². The Kier molecular flexibility index (Phi) is 4.20. The molecule has 0 saturated carbocycles. The van der Waals surface area contributed by atoms with E-state index in [1.165, 1.54) is 12.1 Å². The number of rotatable bonds is 4. The Bertz CT molecular complexity index is 441. The third kappa shape index (κ3) is 3.55. The highest BCUT2D eigenvalue weighted by atomic mass is 16.6. The maximum Gasteiger partial charge on any atom is 0.273 e. The molecule has 0 heterocycles. The minimum absolute atomic E-state index is 0.0845. The average molecular weight is 235 g/mol. The number of carbonyl (C=O) groups is 1. The van der Waals surface area contributed by atoms with Crippen LogP contribution in [0, 0.1) is 23.0 Å². The zero-order chi connectivity index (χ0) is 13.0. The van der Waals surface area contributed by atoms with Gasteiger partial charge in [0.05, 0.1) is 10.5 Å². The molecule has 0 aliphatic heterocycles. The maximum atomic E-state index is 11.8. The standard InChI is InChI=1S/C12H15N2O3/c1-8(2)7-13-12(15)11-6-10(14(16)17)5-4-9(11)3/h4-6,8H,7H2,1-3H3. The highest BCUT2D eigenvalue weighted by Crippen LogP contribution is 2.17. The number of non-ortho nitro benzene ring substituents is 1. The highest BCUT2D eigenvalue weighted by Gasteiger charge is 2.15. The third-order valence-corrected chi connectivity index (χ3v) is 2.26. The van der Waals surface area contributed by atoms with Crippen molar-refractivity contribution < 1.29 is 9.72 Å². The molecular weight excluding hydrogens is 220 g/mol. The second-order valence-electron chi connectivity index (χ2n) is 4.30. The molecule has 1 aromatic rings. The van der Waals surface area contributed by atoms with Gasteiger partial charge in [-0.25, -0.2) is 5.32 Å². The molecule has 0 atom stereocenters. The van der Waals surface area contributed by atoms with Crippen LogP contribution in [0.4, 0.5) is 5.69 Å². The molecule has 1 aromatic carbocycles. The molecule has 0 N–H and O–H groups in total. The molecule has 5 nitrogen and oxygen atoms in total. The number of nitro groups is 1. The average Bonchev–Trinajstić information content (AvgIpc) is 2.26. The SMILES string of the molecule is Cc1ccc([N+](=O)[O-])cc1C(=O)[N]CC(C)C. The Balaban J connectivity index is 2.92. The van der Waals surface area contributed by atoms with E-state index in [0.717, 1.165) is 0 Å². The Morgan fingerprint density at radius 1 is 1.47 bits per heavy atom. The molecule has 5 heteroatoms. The van der Waals surface area contributed by atoms with E-state index in [1.807, 2.05) is 13.8 Å². The van der Waals surface area contributed by atoms with Crippen molar-refractivity contribution in [1.29, 1.82) is 0 Å².